The summed E-state index contributed by atoms with van der Waals surface area (Å²) < 4.78 is 6.00. The minimum Gasteiger partial charge on any atom is -0.493 e. The largest absolute Gasteiger partial charge is 0.493 e. The maximum Gasteiger partial charge on any atom is 0.122 e. The van der Waals surface area contributed by atoms with Gasteiger partial charge in [-0.2, -0.15) is 0 Å². The maximum atomic E-state index is 6.00. The van der Waals surface area contributed by atoms with Crippen LogP contribution in [0.3, 0.4) is 0 Å². The van der Waals surface area contributed by atoms with Gasteiger partial charge in [-0.1, -0.05) is 39.0 Å². The topological polar surface area (TPSA) is 48.1 Å². The second-order valence-corrected chi connectivity index (χ2v) is 6.98. The Morgan fingerprint density at radius 2 is 2.05 bits per heavy atom. The summed E-state index contributed by atoms with van der Waals surface area (Å²) in [5.74, 6) is 1.00. The van der Waals surface area contributed by atoms with Crippen LogP contribution in [0.1, 0.15) is 43.5 Å². The van der Waals surface area contributed by atoms with E-state index in [0.29, 0.717) is 13.2 Å². The molecule has 0 unspecified atom stereocenters. The lowest BCUT2D eigenvalue weighted by Crippen LogP contribution is -2.21. The van der Waals surface area contributed by atoms with Gasteiger partial charge in [0.1, 0.15) is 5.75 Å². The van der Waals surface area contributed by atoms with E-state index < -0.39 is 0 Å². The van der Waals surface area contributed by atoms with Gasteiger partial charge in [0.25, 0.3) is 0 Å². The fourth-order valence-electron chi connectivity index (χ4n) is 2.34. The van der Waals surface area contributed by atoms with Crippen molar-refractivity contribution < 1.29 is 4.74 Å². The van der Waals surface area contributed by atoms with E-state index in [1.807, 2.05) is 6.07 Å². The summed E-state index contributed by atoms with van der Waals surface area (Å²) in [6.07, 6.45) is 2.79. The van der Waals surface area contributed by atoms with Gasteiger partial charge in [-0.05, 0) is 31.0 Å². The average Bonchev–Trinajstić information content (AvgIpc) is 2.97. The summed E-state index contributed by atoms with van der Waals surface area (Å²) in [5.41, 5.74) is 7.99. The maximum absolute atomic E-state index is 6.00. The van der Waals surface area contributed by atoms with Crippen molar-refractivity contribution in [3.05, 3.63) is 45.9 Å². The Hall–Kier alpha value is -1.39. The van der Waals surface area contributed by atoms with Crippen LogP contribution in [0.15, 0.2) is 29.6 Å². The number of para-hydroxylation sites is 1. The Bertz CT molecular complexity index is 592. The molecule has 0 saturated carbocycles. The quantitative estimate of drug-likeness (QED) is 0.801. The van der Waals surface area contributed by atoms with E-state index in [0.717, 1.165) is 30.7 Å². The standard InChI is InChI=1S/C18H26N2OS/c1-4-14-7-5-6-8-16(14)21-12-10-18(2,3)17-20-15(9-11-19)13-22-17/h5-8,13H,4,9-12,19H2,1-3H3. The monoisotopic (exact) mass is 318 g/mol. The van der Waals surface area contributed by atoms with Crippen LogP contribution in [0.5, 0.6) is 5.75 Å². The van der Waals surface area contributed by atoms with Gasteiger partial charge in [-0.15, -0.1) is 11.3 Å². The number of hydrogen-bond donors (Lipinski definition) is 1. The summed E-state index contributed by atoms with van der Waals surface area (Å²) in [7, 11) is 0. The molecule has 22 heavy (non-hydrogen) atoms. The Balaban J connectivity index is 1.94. The zero-order valence-electron chi connectivity index (χ0n) is 13.8. The molecule has 2 aromatic rings. The van der Waals surface area contributed by atoms with Gasteiger partial charge in [-0.3, -0.25) is 0 Å². The van der Waals surface area contributed by atoms with Gasteiger partial charge in [-0.25, -0.2) is 4.98 Å². The number of aryl methyl sites for hydroxylation is 1. The fourth-order valence-corrected chi connectivity index (χ4v) is 3.35. The van der Waals surface area contributed by atoms with Crippen LogP contribution in [0.2, 0.25) is 0 Å². The molecule has 0 bridgehead atoms. The zero-order valence-corrected chi connectivity index (χ0v) is 14.6. The highest BCUT2D eigenvalue weighted by Gasteiger charge is 2.24. The van der Waals surface area contributed by atoms with Crippen LogP contribution in [0.25, 0.3) is 0 Å². The molecule has 0 aliphatic carbocycles. The molecule has 0 atom stereocenters. The zero-order chi connectivity index (χ0) is 16.0. The number of nitrogens with two attached hydrogens (primary N) is 1. The van der Waals surface area contributed by atoms with Crippen molar-refractivity contribution in [2.24, 2.45) is 5.73 Å². The third kappa shape index (κ3) is 4.31. The molecule has 0 radical (unpaired) electrons. The second kappa shape index (κ2) is 7.75. The van der Waals surface area contributed by atoms with Crippen LogP contribution < -0.4 is 10.5 Å². The van der Waals surface area contributed by atoms with Gasteiger partial charge in [0, 0.05) is 17.2 Å². The molecular weight excluding hydrogens is 292 g/mol. The summed E-state index contributed by atoms with van der Waals surface area (Å²) in [6, 6.07) is 8.26. The summed E-state index contributed by atoms with van der Waals surface area (Å²) in [6.45, 7) is 7.97. The molecule has 0 aliphatic rings. The Morgan fingerprint density at radius 3 is 2.77 bits per heavy atom. The van der Waals surface area contributed by atoms with E-state index in [2.05, 4.69) is 44.4 Å². The van der Waals surface area contributed by atoms with Crippen molar-refractivity contribution in [1.82, 2.24) is 4.98 Å². The van der Waals surface area contributed by atoms with E-state index >= 15 is 0 Å². The molecule has 0 saturated heterocycles. The number of hydrogen-bond acceptors (Lipinski definition) is 4. The lowest BCUT2D eigenvalue weighted by atomic mass is 9.90. The third-order valence-corrected chi connectivity index (χ3v) is 5.13. The van der Waals surface area contributed by atoms with Gasteiger partial charge >= 0.3 is 0 Å². The molecule has 1 heterocycles. The Kier molecular flexibility index (Phi) is 5.98. The molecule has 1 aromatic carbocycles. The van der Waals surface area contributed by atoms with E-state index in [1.165, 1.54) is 10.6 Å². The van der Waals surface area contributed by atoms with Gasteiger partial charge < -0.3 is 10.5 Å². The minimum atomic E-state index is 0.0265. The van der Waals surface area contributed by atoms with Crippen LogP contribution in [0, 0.1) is 0 Å². The highest BCUT2D eigenvalue weighted by atomic mass is 32.1. The minimum absolute atomic E-state index is 0.0265. The molecule has 0 spiro atoms. The number of ether oxygens (including phenoxy) is 1. The number of benzene rings is 1. The Labute approximate surface area is 137 Å². The molecule has 0 fully saturated rings. The summed E-state index contributed by atoms with van der Waals surface area (Å²) >= 11 is 1.73. The van der Waals surface area contributed by atoms with Crippen molar-refractivity contribution in [3.63, 3.8) is 0 Å². The molecule has 2 N–H and O–H groups in total. The van der Waals surface area contributed by atoms with Crippen molar-refractivity contribution >= 4 is 11.3 Å². The van der Waals surface area contributed by atoms with Crippen LogP contribution in [-0.2, 0) is 18.3 Å². The van der Waals surface area contributed by atoms with Crippen molar-refractivity contribution in [3.8, 4) is 5.75 Å². The van der Waals surface area contributed by atoms with Crippen LogP contribution in [0.4, 0.5) is 0 Å². The molecule has 0 amide bonds. The summed E-state index contributed by atoms with van der Waals surface area (Å²) in [4.78, 5) is 4.71. The average molecular weight is 318 g/mol. The lowest BCUT2D eigenvalue weighted by Gasteiger charge is -2.22. The highest BCUT2D eigenvalue weighted by molar-refractivity contribution is 7.09. The van der Waals surface area contributed by atoms with E-state index in [-0.39, 0.29) is 5.41 Å². The predicted octanol–water partition coefficient (Wildman–Crippen LogP) is 3.95. The Morgan fingerprint density at radius 1 is 1.27 bits per heavy atom. The molecule has 120 valence electrons. The van der Waals surface area contributed by atoms with E-state index in [9.17, 15) is 0 Å². The predicted molar refractivity (Wildman–Crippen MR) is 93.8 cm³/mol. The first-order chi connectivity index (χ1) is 10.6. The lowest BCUT2D eigenvalue weighted by molar-refractivity contribution is 0.270. The van der Waals surface area contributed by atoms with Crippen molar-refractivity contribution in [2.45, 2.75) is 45.4 Å². The SMILES string of the molecule is CCc1ccccc1OCCC(C)(C)c1nc(CCN)cs1. The number of aromatic nitrogens is 1. The van der Waals surface area contributed by atoms with Gasteiger partial charge in [0.05, 0.1) is 17.3 Å². The normalized spacial score (nSPS) is 11.6. The van der Waals surface area contributed by atoms with Crippen LogP contribution >= 0.6 is 11.3 Å². The van der Waals surface area contributed by atoms with Gasteiger partial charge in [0.2, 0.25) is 0 Å². The van der Waals surface area contributed by atoms with E-state index in [4.69, 9.17) is 15.5 Å². The summed E-state index contributed by atoms with van der Waals surface area (Å²) in [5, 5.41) is 3.29. The van der Waals surface area contributed by atoms with Crippen molar-refractivity contribution in [1.29, 1.82) is 0 Å². The molecule has 2 rings (SSSR count). The van der Waals surface area contributed by atoms with Crippen molar-refractivity contribution in [2.75, 3.05) is 13.2 Å². The first-order valence-electron chi connectivity index (χ1n) is 7.92. The first kappa shape index (κ1) is 17.0. The number of rotatable bonds is 8. The molecule has 0 aliphatic heterocycles. The number of thiazole rings is 1. The molecule has 4 heteroatoms. The fraction of sp³-hybridized carbons (Fsp3) is 0.500. The first-order valence-corrected chi connectivity index (χ1v) is 8.80. The second-order valence-electron chi connectivity index (χ2n) is 6.13. The van der Waals surface area contributed by atoms with Crippen LogP contribution in [-0.4, -0.2) is 18.1 Å². The molecular formula is C18H26N2OS. The number of nitrogens with zero attached hydrogens (tertiary/aromatic N) is 1. The third-order valence-electron chi connectivity index (χ3n) is 3.87. The molecule has 1 aromatic heterocycles. The smallest absolute Gasteiger partial charge is 0.122 e. The van der Waals surface area contributed by atoms with E-state index in [1.54, 1.807) is 11.3 Å². The highest BCUT2D eigenvalue weighted by Crippen LogP contribution is 2.30. The molecule has 3 nitrogen and oxygen atoms in total. The van der Waals surface area contributed by atoms with Gasteiger partial charge in [0.15, 0.2) is 0 Å².